The van der Waals surface area contributed by atoms with E-state index < -0.39 is 0 Å². The van der Waals surface area contributed by atoms with E-state index in [1.807, 2.05) is 0 Å². The van der Waals surface area contributed by atoms with Crippen LogP contribution in [0.25, 0.3) is 0 Å². The Morgan fingerprint density at radius 2 is 2.00 bits per heavy atom. The third-order valence-electron chi connectivity index (χ3n) is 2.91. The van der Waals surface area contributed by atoms with Gasteiger partial charge in [-0.3, -0.25) is 0 Å². The van der Waals surface area contributed by atoms with E-state index in [0.29, 0.717) is 5.92 Å². The van der Waals surface area contributed by atoms with Crippen molar-refractivity contribution in [1.82, 2.24) is 0 Å². The molecule has 2 nitrogen and oxygen atoms in total. The summed E-state index contributed by atoms with van der Waals surface area (Å²) in [6.07, 6.45) is 5.14. The summed E-state index contributed by atoms with van der Waals surface area (Å²) in [7, 11) is 0. The Morgan fingerprint density at radius 1 is 1.25 bits per heavy atom. The summed E-state index contributed by atoms with van der Waals surface area (Å²) in [5.74, 6) is 1.36. The lowest BCUT2D eigenvalue weighted by Crippen LogP contribution is -2.22. The number of nitrogens with zero attached hydrogens (tertiary/aromatic N) is 2. The zero-order valence-corrected chi connectivity index (χ0v) is 7.88. The monoisotopic (exact) mass is 164 g/mol. The predicted octanol–water partition coefficient (Wildman–Crippen LogP) is 2.64. The smallest absolute Gasteiger partial charge is 0.0493 e. The van der Waals surface area contributed by atoms with Crippen LogP contribution >= 0.6 is 0 Å². The van der Waals surface area contributed by atoms with Gasteiger partial charge in [-0.15, -0.1) is 0 Å². The maximum Gasteiger partial charge on any atom is 0.0493 e. The first-order chi connectivity index (χ1) is 5.77. The molecule has 0 unspecified atom stereocenters. The molecule has 1 fully saturated rings. The van der Waals surface area contributed by atoms with Crippen LogP contribution in [0.15, 0.2) is 10.2 Å². The second kappa shape index (κ2) is 3.00. The second-order valence-electron chi connectivity index (χ2n) is 4.14. The van der Waals surface area contributed by atoms with Crippen molar-refractivity contribution in [3.05, 3.63) is 0 Å². The van der Waals surface area contributed by atoms with Crippen molar-refractivity contribution >= 4 is 11.4 Å². The van der Waals surface area contributed by atoms with Crippen LogP contribution in [-0.4, -0.2) is 11.4 Å². The predicted molar refractivity (Wildman–Crippen MR) is 51.7 cm³/mol. The molecule has 0 aromatic rings. The van der Waals surface area contributed by atoms with E-state index in [1.54, 1.807) is 0 Å². The van der Waals surface area contributed by atoms with E-state index in [0.717, 1.165) is 12.3 Å². The summed E-state index contributed by atoms with van der Waals surface area (Å²) >= 11 is 0. The molecule has 1 saturated carbocycles. The van der Waals surface area contributed by atoms with Gasteiger partial charge in [-0.05, 0) is 24.7 Å². The lowest BCUT2D eigenvalue weighted by molar-refractivity contribution is 0.411. The first kappa shape index (κ1) is 7.96. The molecule has 2 heteroatoms. The van der Waals surface area contributed by atoms with Gasteiger partial charge in [-0.25, -0.2) is 0 Å². The number of rotatable bonds is 2. The summed E-state index contributed by atoms with van der Waals surface area (Å²) in [5.41, 5.74) is 2.63. The van der Waals surface area contributed by atoms with Gasteiger partial charge < -0.3 is 0 Å². The molecule has 1 heterocycles. The van der Waals surface area contributed by atoms with Crippen molar-refractivity contribution in [3.63, 3.8) is 0 Å². The summed E-state index contributed by atoms with van der Waals surface area (Å²) in [6, 6.07) is 0. The Balaban J connectivity index is 1.92. The molecule has 0 N–H and O–H groups in total. The van der Waals surface area contributed by atoms with Crippen LogP contribution in [0.1, 0.15) is 39.5 Å². The molecule has 66 valence electrons. The van der Waals surface area contributed by atoms with E-state index in [9.17, 15) is 0 Å². The van der Waals surface area contributed by atoms with E-state index in [4.69, 9.17) is 0 Å². The van der Waals surface area contributed by atoms with Gasteiger partial charge in [0.25, 0.3) is 0 Å². The highest BCUT2D eigenvalue weighted by atomic mass is 15.2. The average Bonchev–Trinajstić information content (AvgIpc) is 2.32. The minimum atomic E-state index is 0.575. The molecule has 12 heavy (non-hydrogen) atoms. The van der Waals surface area contributed by atoms with Crippen molar-refractivity contribution in [3.8, 4) is 0 Å². The minimum absolute atomic E-state index is 0.575. The summed E-state index contributed by atoms with van der Waals surface area (Å²) in [4.78, 5) is 0. The van der Waals surface area contributed by atoms with E-state index in [-0.39, 0.29) is 0 Å². The lowest BCUT2D eigenvalue weighted by atomic mass is 9.80. The molecule has 0 atom stereocenters. The molecule has 0 radical (unpaired) electrons. The van der Waals surface area contributed by atoms with Gasteiger partial charge >= 0.3 is 0 Å². The third-order valence-corrected chi connectivity index (χ3v) is 2.91. The van der Waals surface area contributed by atoms with Gasteiger partial charge in [0.05, 0.1) is 0 Å². The molecule has 2 rings (SSSR count). The maximum absolute atomic E-state index is 4.27. The quantitative estimate of drug-likeness (QED) is 0.599. The van der Waals surface area contributed by atoms with Crippen molar-refractivity contribution in [2.24, 2.45) is 22.0 Å². The molecular formula is C10H16N2. The number of hydrogen-bond acceptors (Lipinski definition) is 2. The van der Waals surface area contributed by atoms with Crippen LogP contribution in [0.3, 0.4) is 0 Å². The lowest BCUT2D eigenvalue weighted by Gasteiger charge is -2.25. The Labute approximate surface area is 73.8 Å². The van der Waals surface area contributed by atoms with Crippen molar-refractivity contribution in [1.29, 1.82) is 0 Å². The van der Waals surface area contributed by atoms with Crippen molar-refractivity contribution < 1.29 is 0 Å². The van der Waals surface area contributed by atoms with Crippen molar-refractivity contribution in [2.45, 2.75) is 39.5 Å². The topological polar surface area (TPSA) is 24.7 Å². The summed E-state index contributed by atoms with van der Waals surface area (Å²) in [5, 5.41) is 8.49. The van der Waals surface area contributed by atoms with Crippen LogP contribution in [0, 0.1) is 11.8 Å². The standard InChI is InChI=1S/C10H16N2/c1-7(2)9-6-10(12-11-9)8-4-3-5-8/h7-8H,3-6H2,1-2H3. The second-order valence-corrected chi connectivity index (χ2v) is 4.14. The Bertz CT molecular complexity index is 234. The summed E-state index contributed by atoms with van der Waals surface area (Å²) in [6.45, 7) is 4.39. The molecule has 0 bridgehead atoms. The fourth-order valence-electron chi connectivity index (χ4n) is 1.67. The van der Waals surface area contributed by atoms with E-state index >= 15 is 0 Å². The fourth-order valence-corrected chi connectivity index (χ4v) is 1.67. The molecule has 2 aliphatic rings. The zero-order chi connectivity index (χ0) is 8.55. The normalized spacial score (nSPS) is 23.9. The van der Waals surface area contributed by atoms with Crippen LogP contribution in [-0.2, 0) is 0 Å². The zero-order valence-electron chi connectivity index (χ0n) is 7.88. The highest BCUT2D eigenvalue weighted by molar-refractivity contribution is 6.09. The first-order valence-electron chi connectivity index (χ1n) is 4.90. The van der Waals surface area contributed by atoms with Gasteiger partial charge in [-0.1, -0.05) is 20.3 Å². The Kier molecular flexibility index (Phi) is 1.99. The highest BCUT2D eigenvalue weighted by Crippen LogP contribution is 2.31. The molecule has 0 spiro atoms. The Hall–Kier alpha value is -0.660. The van der Waals surface area contributed by atoms with E-state index in [1.165, 1.54) is 30.7 Å². The molecule has 0 aromatic carbocycles. The summed E-state index contributed by atoms with van der Waals surface area (Å²) < 4.78 is 0. The van der Waals surface area contributed by atoms with Gasteiger partial charge in [0.15, 0.2) is 0 Å². The SMILES string of the molecule is CC(C)C1=NN=C(C2CCC2)C1. The highest BCUT2D eigenvalue weighted by Gasteiger charge is 2.27. The minimum Gasteiger partial charge on any atom is -0.159 e. The van der Waals surface area contributed by atoms with Crippen LogP contribution in [0.4, 0.5) is 0 Å². The molecule has 1 aliphatic carbocycles. The van der Waals surface area contributed by atoms with Gasteiger partial charge in [0.1, 0.15) is 0 Å². The molecule has 0 amide bonds. The van der Waals surface area contributed by atoms with Crippen LogP contribution < -0.4 is 0 Å². The molecule has 0 aromatic heterocycles. The first-order valence-corrected chi connectivity index (χ1v) is 4.90. The maximum atomic E-state index is 4.27. The van der Waals surface area contributed by atoms with Crippen molar-refractivity contribution in [2.75, 3.05) is 0 Å². The largest absolute Gasteiger partial charge is 0.159 e. The molecular weight excluding hydrogens is 148 g/mol. The Morgan fingerprint density at radius 3 is 2.42 bits per heavy atom. The van der Waals surface area contributed by atoms with Crippen LogP contribution in [0.5, 0.6) is 0 Å². The van der Waals surface area contributed by atoms with E-state index in [2.05, 4.69) is 24.1 Å². The van der Waals surface area contributed by atoms with Gasteiger partial charge in [0.2, 0.25) is 0 Å². The molecule has 1 aliphatic heterocycles. The fraction of sp³-hybridized carbons (Fsp3) is 0.800. The van der Waals surface area contributed by atoms with Gasteiger partial charge in [0, 0.05) is 17.8 Å². The third kappa shape index (κ3) is 1.30. The van der Waals surface area contributed by atoms with Gasteiger partial charge in [-0.2, -0.15) is 10.2 Å². The number of hydrogen-bond donors (Lipinski definition) is 0. The average molecular weight is 164 g/mol. The van der Waals surface area contributed by atoms with Crippen LogP contribution in [0.2, 0.25) is 0 Å². The molecule has 0 saturated heterocycles.